The summed E-state index contributed by atoms with van der Waals surface area (Å²) in [4.78, 5) is 0.441. The van der Waals surface area contributed by atoms with Crippen molar-refractivity contribution >= 4 is 19.7 Å². The molecule has 1 N–H and O–H groups in total. The van der Waals surface area contributed by atoms with Gasteiger partial charge in [-0.25, -0.2) is 16.8 Å². The van der Waals surface area contributed by atoms with E-state index < -0.39 is 19.7 Å². The lowest BCUT2D eigenvalue weighted by Gasteiger charge is -2.20. The van der Waals surface area contributed by atoms with Crippen LogP contribution in [0.1, 0.15) is 22.6 Å². The first-order valence-electron chi connectivity index (χ1n) is 8.45. The van der Waals surface area contributed by atoms with Gasteiger partial charge in [0.1, 0.15) is 5.75 Å². The molecule has 0 saturated carbocycles. The minimum atomic E-state index is -3.31. The lowest BCUT2D eigenvalue weighted by molar-refractivity contribution is 0.474. The largest absolute Gasteiger partial charge is 0.508 e. The van der Waals surface area contributed by atoms with Crippen LogP contribution in [-0.4, -0.2) is 34.5 Å². The van der Waals surface area contributed by atoms with Gasteiger partial charge in [0.05, 0.1) is 9.79 Å². The van der Waals surface area contributed by atoms with Crippen molar-refractivity contribution in [2.24, 2.45) is 0 Å². The molecule has 5 nitrogen and oxygen atoms in total. The zero-order chi connectivity index (χ0) is 20.5. The maximum absolute atomic E-state index is 11.7. The Labute approximate surface area is 165 Å². The van der Waals surface area contributed by atoms with Crippen molar-refractivity contribution in [2.45, 2.75) is 15.7 Å². The number of rotatable bonds is 5. The third kappa shape index (κ3) is 4.43. The highest BCUT2D eigenvalue weighted by Crippen LogP contribution is 2.34. The highest BCUT2D eigenvalue weighted by Gasteiger charge is 2.19. The van der Waals surface area contributed by atoms with Crippen LogP contribution in [0.15, 0.2) is 82.6 Å². The maximum Gasteiger partial charge on any atom is 0.175 e. The average molecular weight is 417 g/mol. The van der Waals surface area contributed by atoms with Crippen molar-refractivity contribution in [1.29, 1.82) is 0 Å². The third-order valence-corrected chi connectivity index (χ3v) is 6.74. The van der Waals surface area contributed by atoms with E-state index in [1.54, 1.807) is 66.7 Å². The van der Waals surface area contributed by atoms with E-state index in [4.69, 9.17) is 0 Å². The van der Waals surface area contributed by atoms with Crippen LogP contribution >= 0.6 is 0 Å². The van der Waals surface area contributed by atoms with Crippen LogP contribution in [0.25, 0.3) is 0 Å². The molecule has 3 aromatic rings. The molecular weight excluding hydrogens is 396 g/mol. The second kappa shape index (κ2) is 7.41. The molecule has 7 heteroatoms. The molecule has 146 valence electrons. The standard InChI is InChI=1S/C21H20O5S2/c1-27(23,24)19-10-6-15(7-11-19)21(17-4-3-5-18(22)14-17)16-8-12-20(13-9-16)28(2,25)26/h3-14,21-22H,1-2H3. The number of benzene rings is 3. The molecule has 0 bridgehead atoms. The molecular formula is C21H20O5S2. The van der Waals surface area contributed by atoms with Gasteiger partial charge in [-0.1, -0.05) is 36.4 Å². The van der Waals surface area contributed by atoms with E-state index in [-0.39, 0.29) is 21.5 Å². The highest BCUT2D eigenvalue weighted by molar-refractivity contribution is 7.91. The zero-order valence-corrected chi connectivity index (χ0v) is 17.0. The molecule has 0 unspecified atom stereocenters. The quantitative estimate of drug-likeness (QED) is 0.644. The van der Waals surface area contributed by atoms with E-state index in [0.717, 1.165) is 29.2 Å². The van der Waals surface area contributed by atoms with Gasteiger partial charge in [-0.3, -0.25) is 0 Å². The van der Waals surface area contributed by atoms with Crippen LogP contribution in [0.4, 0.5) is 0 Å². The van der Waals surface area contributed by atoms with Crippen molar-refractivity contribution in [3.8, 4) is 5.75 Å². The monoisotopic (exact) mass is 416 g/mol. The van der Waals surface area contributed by atoms with Gasteiger partial charge in [-0.15, -0.1) is 0 Å². The molecule has 0 radical (unpaired) electrons. The van der Waals surface area contributed by atoms with Crippen molar-refractivity contribution in [3.63, 3.8) is 0 Å². The summed E-state index contributed by atoms with van der Waals surface area (Å²) < 4.78 is 47.0. The van der Waals surface area contributed by atoms with Crippen LogP contribution in [-0.2, 0) is 19.7 Å². The molecule has 0 fully saturated rings. The summed E-state index contributed by atoms with van der Waals surface area (Å²) in [6, 6.07) is 19.9. The Morgan fingerprint density at radius 1 is 0.643 bits per heavy atom. The summed E-state index contributed by atoms with van der Waals surface area (Å²) in [7, 11) is -6.62. The first-order chi connectivity index (χ1) is 13.1. The summed E-state index contributed by atoms with van der Waals surface area (Å²) in [5, 5.41) is 9.90. The van der Waals surface area contributed by atoms with E-state index >= 15 is 0 Å². The van der Waals surface area contributed by atoms with Gasteiger partial charge < -0.3 is 5.11 Å². The van der Waals surface area contributed by atoms with Crippen LogP contribution in [0, 0.1) is 0 Å². The first-order valence-corrected chi connectivity index (χ1v) is 12.2. The minimum absolute atomic E-state index is 0.114. The summed E-state index contributed by atoms with van der Waals surface area (Å²) in [6.07, 6.45) is 2.30. The van der Waals surface area contributed by atoms with Crippen LogP contribution in [0.2, 0.25) is 0 Å². The summed E-state index contributed by atoms with van der Waals surface area (Å²) in [5.74, 6) is -0.183. The van der Waals surface area contributed by atoms with E-state index in [0.29, 0.717) is 0 Å². The number of hydrogen-bond acceptors (Lipinski definition) is 5. The number of aromatic hydroxyl groups is 1. The summed E-state index contributed by atoms with van der Waals surface area (Å²) in [6.45, 7) is 0. The Morgan fingerprint density at radius 2 is 1.07 bits per heavy atom. The molecule has 0 aromatic heterocycles. The predicted molar refractivity (Wildman–Crippen MR) is 108 cm³/mol. The van der Waals surface area contributed by atoms with Crippen molar-refractivity contribution in [1.82, 2.24) is 0 Å². The van der Waals surface area contributed by atoms with Crippen LogP contribution in [0.3, 0.4) is 0 Å². The second-order valence-corrected chi connectivity index (χ2v) is 10.7. The third-order valence-electron chi connectivity index (χ3n) is 4.49. The molecule has 0 aliphatic rings. The maximum atomic E-state index is 11.7. The Kier molecular flexibility index (Phi) is 5.32. The smallest absolute Gasteiger partial charge is 0.175 e. The SMILES string of the molecule is CS(=O)(=O)c1ccc(C(c2ccc(S(C)(=O)=O)cc2)c2cccc(O)c2)cc1. The molecule has 0 aliphatic carbocycles. The van der Waals surface area contributed by atoms with Gasteiger partial charge in [0.2, 0.25) is 0 Å². The average Bonchev–Trinajstić information content (AvgIpc) is 2.61. The molecule has 0 atom stereocenters. The molecule has 28 heavy (non-hydrogen) atoms. The summed E-state index contributed by atoms with van der Waals surface area (Å²) >= 11 is 0. The molecule has 0 aliphatic heterocycles. The lowest BCUT2D eigenvalue weighted by atomic mass is 9.85. The Hall–Kier alpha value is -2.64. The molecule has 0 spiro atoms. The molecule has 3 rings (SSSR count). The van der Waals surface area contributed by atoms with Gasteiger partial charge in [-0.2, -0.15) is 0 Å². The highest BCUT2D eigenvalue weighted by atomic mass is 32.2. The minimum Gasteiger partial charge on any atom is -0.508 e. The van der Waals surface area contributed by atoms with Gasteiger partial charge >= 0.3 is 0 Å². The van der Waals surface area contributed by atoms with Crippen molar-refractivity contribution in [3.05, 3.63) is 89.5 Å². The Balaban J connectivity index is 2.13. The van der Waals surface area contributed by atoms with E-state index in [1.165, 1.54) is 0 Å². The Bertz CT molecular complexity index is 1120. The number of phenols is 1. The van der Waals surface area contributed by atoms with Crippen LogP contribution in [0.5, 0.6) is 5.75 Å². The second-order valence-electron chi connectivity index (χ2n) is 6.71. The number of sulfone groups is 2. The van der Waals surface area contributed by atoms with Gasteiger partial charge in [-0.05, 0) is 53.1 Å². The number of phenolic OH excluding ortho intramolecular Hbond substituents is 1. The predicted octanol–water partition coefficient (Wildman–Crippen LogP) is 3.38. The van der Waals surface area contributed by atoms with Crippen molar-refractivity contribution < 1.29 is 21.9 Å². The fourth-order valence-corrected chi connectivity index (χ4v) is 4.36. The van der Waals surface area contributed by atoms with Gasteiger partial charge in [0, 0.05) is 18.4 Å². The first kappa shape index (κ1) is 20.1. The normalized spacial score (nSPS) is 12.2. The van der Waals surface area contributed by atoms with E-state index in [1.807, 2.05) is 6.07 Å². The van der Waals surface area contributed by atoms with Crippen molar-refractivity contribution in [2.75, 3.05) is 12.5 Å². The molecule has 0 saturated heterocycles. The van der Waals surface area contributed by atoms with Gasteiger partial charge in [0.15, 0.2) is 19.7 Å². The zero-order valence-electron chi connectivity index (χ0n) is 15.4. The van der Waals surface area contributed by atoms with Gasteiger partial charge in [0.25, 0.3) is 0 Å². The van der Waals surface area contributed by atoms with E-state index in [9.17, 15) is 21.9 Å². The van der Waals surface area contributed by atoms with Crippen LogP contribution < -0.4 is 0 Å². The summed E-state index contributed by atoms with van der Waals surface area (Å²) in [5.41, 5.74) is 2.45. The molecule has 0 amide bonds. The Morgan fingerprint density at radius 3 is 1.43 bits per heavy atom. The lowest BCUT2D eigenvalue weighted by Crippen LogP contribution is -2.05. The number of hydrogen-bond donors (Lipinski definition) is 1. The fourth-order valence-electron chi connectivity index (χ4n) is 3.10. The fraction of sp³-hybridized carbons (Fsp3) is 0.143. The molecule has 0 heterocycles. The topological polar surface area (TPSA) is 88.5 Å². The molecule has 3 aromatic carbocycles. The van der Waals surface area contributed by atoms with E-state index in [2.05, 4.69) is 0 Å².